The van der Waals surface area contributed by atoms with Crippen LogP contribution in [0, 0.1) is 5.92 Å². The highest BCUT2D eigenvalue weighted by molar-refractivity contribution is 5.75. The molecule has 0 amide bonds. The summed E-state index contributed by atoms with van der Waals surface area (Å²) in [5.41, 5.74) is -0.469. The Hall–Kier alpha value is -0.860. The first-order valence-electron chi connectivity index (χ1n) is 6.07. The molecule has 0 heterocycles. The summed E-state index contributed by atoms with van der Waals surface area (Å²) in [6.45, 7) is 7.64. The van der Waals surface area contributed by atoms with Gasteiger partial charge in [0.2, 0.25) is 0 Å². The number of esters is 1. The maximum Gasteiger partial charge on any atom is 0.309 e. The molecule has 0 radical (unpaired) electrons. The molecule has 1 atom stereocenters. The van der Waals surface area contributed by atoms with Crippen molar-refractivity contribution in [1.29, 1.82) is 0 Å². The van der Waals surface area contributed by atoms with Gasteiger partial charge in [-0.1, -0.05) is 26.2 Å². The largest absolute Gasteiger partial charge is 0.460 e. The Bertz CT molecular complexity index is 216. The van der Waals surface area contributed by atoms with Crippen LogP contribution in [0.1, 0.15) is 59.8 Å². The smallest absolute Gasteiger partial charge is 0.309 e. The zero-order valence-electron chi connectivity index (χ0n) is 10.9. The number of rotatable bonds is 7. The van der Waals surface area contributed by atoms with Crippen molar-refractivity contribution in [2.75, 3.05) is 0 Å². The van der Waals surface area contributed by atoms with Gasteiger partial charge in [-0.15, -0.1) is 0 Å². The molecule has 0 saturated carbocycles. The minimum atomic E-state index is -0.469. The van der Waals surface area contributed by atoms with Gasteiger partial charge in [0.15, 0.2) is 0 Å². The summed E-state index contributed by atoms with van der Waals surface area (Å²) >= 11 is 0. The lowest BCUT2D eigenvalue weighted by molar-refractivity contribution is -0.161. The van der Waals surface area contributed by atoms with Gasteiger partial charge in [-0.2, -0.15) is 0 Å². The van der Waals surface area contributed by atoms with E-state index in [1.165, 1.54) is 0 Å². The van der Waals surface area contributed by atoms with E-state index in [4.69, 9.17) is 4.74 Å². The number of ether oxygens (including phenoxy) is 1. The third-order valence-corrected chi connectivity index (χ3v) is 2.28. The van der Waals surface area contributed by atoms with E-state index in [-0.39, 0.29) is 18.3 Å². The quantitative estimate of drug-likeness (QED) is 0.382. The fourth-order valence-electron chi connectivity index (χ4n) is 1.47. The molecule has 0 aromatic carbocycles. The second kappa shape index (κ2) is 7.42. The van der Waals surface area contributed by atoms with Crippen molar-refractivity contribution in [2.24, 2.45) is 5.92 Å². The Balaban J connectivity index is 4.18. The van der Waals surface area contributed by atoms with Crippen molar-refractivity contribution in [3.8, 4) is 0 Å². The average Bonchev–Trinajstić information content (AvgIpc) is 2.14. The number of carbonyl (C=O) groups excluding carboxylic acids is 2. The minimum absolute atomic E-state index is 0.240. The third kappa shape index (κ3) is 7.43. The fourth-order valence-corrected chi connectivity index (χ4v) is 1.47. The van der Waals surface area contributed by atoms with E-state index < -0.39 is 5.60 Å². The van der Waals surface area contributed by atoms with Crippen LogP contribution in [0.4, 0.5) is 0 Å². The summed E-state index contributed by atoms with van der Waals surface area (Å²) < 4.78 is 5.29. The molecule has 3 heteroatoms. The first kappa shape index (κ1) is 15.1. The molecule has 16 heavy (non-hydrogen) atoms. The number of hydrogen-bond acceptors (Lipinski definition) is 3. The summed E-state index contributed by atoms with van der Waals surface area (Å²) in [5, 5.41) is 0. The topological polar surface area (TPSA) is 43.4 Å². The standard InChI is InChI=1S/C13H24O3/c1-5-6-7-8-11(9-10-14)12(15)16-13(2,3)4/h10-11H,5-9H2,1-4H3/t11-/m1/s1. The SMILES string of the molecule is CCCCC[C@H](CC=O)C(=O)OC(C)(C)C. The summed E-state index contributed by atoms with van der Waals surface area (Å²) in [7, 11) is 0. The van der Waals surface area contributed by atoms with Gasteiger partial charge in [-0.25, -0.2) is 0 Å². The van der Waals surface area contributed by atoms with E-state index >= 15 is 0 Å². The van der Waals surface area contributed by atoms with E-state index in [9.17, 15) is 9.59 Å². The number of hydrogen-bond donors (Lipinski definition) is 0. The van der Waals surface area contributed by atoms with E-state index in [1.54, 1.807) is 0 Å². The minimum Gasteiger partial charge on any atom is -0.460 e. The normalized spacial score (nSPS) is 13.2. The molecule has 0 aromatic heterocycles. The van der Waals surface area contributed by atoms with Gasteiger partial charge in [-0.05, 0) is 27.2 Å². The van der Waals surface area contributed by atoms with Crippen LogP contribution in [0.5, 0.6) is 0 Å². The van der Waals surface area contributed by atoms with E-state index in [2.05, 4.69) is 6.92 Å². The van der Waals surface area contributed by atoms with Crippen LogP contribution >= 0.6 is 0 Å². The van der Waals surface area contributed by atoms with E-state index in [1.807, 2.05) is 20.8 Å². The van der Waals surface area contributed by atoms with Crippen molar-refractivity contribution >= 4 is 12.3 Å². The lowest BCUT2D eigenvalue weighted by atomic mass is 9.98. The molecular weight excluding hydrogens is 204 g/mol. The van der Waals surface area contributed by atoms with Crippen LogP contribution in [0.3, 0.4) is 0 Å². The van der Waals surface area contributed by atoms with Crippen LogP contribution in [0.15, 0.2) is 0 Å². The molecule has 0 aliphatic rings. The van der Waals surface area contributed by atoms with Gasteiger partial charge in [0, 0.05) is 6.42 Å². The lowest BCUT2D eigenvalue weighted by Gasteiger charge is -2.23. The van der Waals surface area contributed by atoms with Crippen molar-refractivity contribution in [3.05, 3.63) is 0 Å². The lowest BCUT2D eigenvalue weighted by Crippen LogP contribution is -2.29. The van der Waals surface area contributed by atoms with Crippen LogP contribution in [-0.2, 0) is 14.3 Å². The molecule has 3 nitrogen and oxygen atoms in total. The zero-order chi connectivity index (χ0) is 12.6. The zero-order valence-corrected chi connectivity index (χ0v) is 10.9. The number of aldehydes is 1. The van der Waals surface area contributed by atoms with Gasteiger partial charge in [0.05, 0.1) is 5.92 Å². The molecule has 0 saturated heterocycles. The van der Waals surface area contributed by atoms with Gasteiger partial charge >= 0.3 is 5.97 Å². The van der Waals surface area contributed by atoms with Gasteiger partial charge < -0.3 is 9.53 Å². The molecule has 0 aromatic rings. The number of carbonyl (C=O) groups is 2. The molecular formula is C13H24O3. The van der Waals surface area contributed by atoms with Crippen LogP contribution in [0.2, 0.25) is 0 Å². The first-order valence-corrected chi connectivity index (χ1v) is 6.07. The molecule has 0 fully saturated rings. The molecule has 0 rings (SSSR count). The Labute approximate surface area is 98.6 Å². The molecule has 0 N–H and O–H groups in total. The molecule has 94 valence electrons. The molecule has 0 aliphatic heterocycles. The van der Waals surface area contributed by atoms with Crippen molar-refractivity contribution < 1.29 is 14.3 Å². The van der Waals surface area contributed by atoms with Gasteiger partial charge in [0.25, 0.3) is 0 Å². The van der Waals surface area contributed by atoms with Crippen LogP contribution in [0.25, 0.3) is 0 Å². The summed E-state index contributed by atoms with van der Waals surface area (Å²) in [4.78, 5) is 22.3. The van der Waals surface area contributed by atoms with Crippen molar-refractivity contribution in [1.82, 2.24) is 0 Å². The monoisotopic (exact) mass is 228 g/mol. The summed E-state index contributed by atoms with van der Waals surface area (Å²) in [6.07, 6.45) is 5.02. The van der Waals surface area contributed by atoms with E-state index in [0.29, 0.717) is 0 Å². The maximum absolute atomic E-state index is 11.8. The van der Waals surface area contributed by atoms with Gasteiger partial charge in [0.1, 0.15) is 11.9 Å². The highest BCUT2D eigenvalue weighted by Crippen LogP contribution is 2.18. The highest BCUT2D eigenvalue weighted by Gasteiger charge is 2.24. The Kier molecular flexibility index (Phi) is 7.02. The average molecular weight is 228 g/mol. The molecule has 0 spiro atoms. The molecule has 0 aliphatic carbocycles. The first-order chi connectivity index (χ1) is 7.40. The Morgan fingerprint density at radius 3 is 2.38 bits per heavy atom. The predicted molar refractivity (Wildman–Crippen MR) is 64.2 cm³/mol. The maximum atomic E-state index is 11.8. The van der Waals surface area contributed by atoms with E-state index in [0.717, 1.165) is 32.0 Å². The van der Waals surface area contributed by atoms with Crippen molar-refractivity contribution in [3.63, 3.8) is 0 Å². The predicted octanol–water partition coefficient (Wildman–Crippen LogP) is 3.11. The Morgan fingerprint density at radius 1 is 1.31 bits per heavy atom. The van der Waals surface area contributed by atoms with Crippen molar-refractivity contribution in [2.45, 2.75) is 65.4 Å². The second-order valence-corrected chi connectivity index (χ2v) is 5.13. The second-order valence-electron chi connectivity index (χ2n) is 5.13. The fraction of sp³-hybridized carbons (Fsp3) is 0.846. The highest BCUT2D eigenvalue weighted by atomic mass is 16.6. The number of unbranched alkanes of at least 4 members (excludes halogenated alkanes) is 2. The summed E-state index contributed by atoms with van der Waals surface area (Å²) in [6, 6.07) is 0. The van der Waals surface area contributed by atoms with Gasteiger partial charge in [-0.3, -0.25) is 4.79 Å². The molecule has 0 unspecified atom stereocenters. The van der Waals surface area contributed by atoms with Crippen LogP contribution < -0.4 is 0 Å². The Morgan fingerprint density at radius 2 is 1.94 bits per heavy atom. The van der Waals surface area contributed by atoms with Crippen LogP contribution in [-0.4, -0.2) is 17.9 Å². The summed E-state index contributed by atoms with van der Waals surface area (Å²) in [5.74, 6) is -0.501. The third-order valence-electron chi connectivity index (χ3n) is 2.28. The molecule has 0 bridgehead atoms.